The van der Waals surface area contributed by atoms with Crippen LogP contribution < -0.4 is 14.8 Å². The Morgan fingerprint density at radius 3 is 2.95 bits per heavy atom. The van der Waals surface area contributed by atoms with E-state index in [9.17, 15) is 0 Å². The van der Waals surface area contributed by atoms with Gasteiger partial charge in [-0.2, -0.15) is 0 Å². The molecular formula is C17H14N2O2. The topological polar surface area (TPSA) is 43.4 Å². The van der Waals surface area contributed by atoms with Gasteiger partial charge in [0.05, 0.1) is 5.52 Å². The molecule has 2 aromatic carbocycles. The Bertz CT molecular complexity index is 802. The Labute approximate surface area is 122 Å². The summed E-state index contributed by atoms with van der Waals surface area (Å²) in [7, 11) is 0. The van der Waals surface area contributed by atoms with Crippen molar-refractivity contribution in [3.8, 4) is 11.5 Å². The predicted octanol–water partition coefficient (Wildman–Crippen LogP) is 3.58. The Balaban J connectivity index is 1.52. The molecule has 4 heteroatoms. The first-order chi connectivity index (χ1) is 10.4. The van der Waals surface area contributed by atoms with Gasteiger partial charge in [-0.25, -0.2) is 0 Å². The Hall–Kier alpha value is -2.75. The molecule has 1 aliphatic heterocycles. The van der Waals surface area contributed by atoms with Crippen LogP contribution in [0.2, 0.25) is 0 Å². The molecule has 0 radical (unpaired) electrons. The molecule has 1 aliphatic rings. The SMILES string of the molecule is c1cnc2ccc(NCc3ccc4c(c3)OCO4)cc2c1. The van der Waals surface area contributed by atoms with Crippen LogP contribution in [-0.4, -0.2) is 11.8 Å². The second-order valence-electron chi connectivity index (χ2n) is 4.95. The fraction of sp³-hybridized carbons (Fsp3) is 0.118. The number of hydrogen-bond donors (Lipinski definition) is 1. The summed E-state index contributed by atoms with van der Waals surface area (Å²) in [5.41, 5.74) is 3.24. The number of aromatic nitrogens is 1. The lowest BCUT2D eigenvalue weighted by atomic mass is 10.1. The number of ether oxygens (including phenoxy) is 2. The van der Waals surface area contributed by atoms with Crippen LogP contribution in [0.25, 0.3) is 10.9 Å². The maximum atomic E-state index is 5.39. The number of nitrogens with zero attached hydrogens (tertiary/aromatic N) is 1. The summed E-state index contributed by atoms with van der Waals surface area (Å²) in [6, 6.07) is 16.2. The van der Waals surface area contributed by atoms with Gasteiger partial charge < -0.3 is 14.8 Å². The first kappa shape index (κ1) is 12.0. The molecular weight excluding hydrogens is 264 g/mol. The Kier molecular flexibility index (Phi) is 2.85. The van der Waals surface area contributed by atoms with Gasteiger partial charge in [-0.15, -0.1) is 0 Å². The van der Waals surface area contributed by atoms with Gasteiger partial charge >= 0.3 is 0 Å². The van der Waals surface area contributed by atoms with Crippen molar-refractivity contribution in [1.82, 2.24) is 4.98 Å². The van der Waals surface area contributed by atoms with E-state index in [0.29, 0.717) is 6.79 Å². The van der Waals surface area contributed by atoms with E-state index >= 15 is 0 Å². The molecule has 0 spiro atoms. The molecule has 0 saturated carbocycles. The van der Waals surface area contributed by atoms with E-state index in [1.165, 1.54) is 0 Å². The molecule has 1 N–H and O–H groups in total. The highest BCUT2D eigenvalue weighted by Gasteiger charge is 2.12. The number of anilines is 1. The summed E-state index contributed by atoms with van der Waals surface area (Å²) in [4.78, 5) is 4.32. The van der Waals surface area contributed by atoms with Crippen molar-refractivity contribution in [2.24, 2.45) is 0 Å². The van der Waals surface area contributed by atoms with Crippen LogP contribution in [0.15, 0.2) is 54.7 Å². The Morgan fingerprint density at radius 2 is 1.95 bits per heavy atom. The molecule has 0 saturated heterocycles. The molecule has 0 bridgehead atoms. The normalized spacial score (nSPS) is 12.6. The van der Waals surface area contributed by atoms with E-state index in [4.69, 9.17) is 9.47 Å². The van der Waals surface area contributed by atoms with E-state index in [0.717, 1.165) is 40.2 Å². The fourth-order valence-corrected chi connectivity index (χ4v) is 2.44. The molecule has 2 heterocycles. The fourth-order valence-electron chi connectivity index (χ4n) is 2.44. The van der Waals surface area contributed by atoms with Gasteiger partial charge in [-0.3, -0.25) is 4.98 Å². The molecule has 0 unspecified atom stereocenters. The summed E-state index contributed by atoms with van der Waals surface area (Å²) in [5.74, 6) is 1.63. The van der Waals surface area contributed by atoms with E-state index in [1.54, 1.807) is 0 Å². The molecule has 0 fully saturated rings. The third-order valence-corrected chi connectivity index (χ3v) is 3.54. The van der Waals surface area contributed by atoms with Crippen LogP contribution in [0.5, 0.6) is 11.5 Å². The molecule has 4 rings (SSSR count). The first-order valence-electron chi connectivity index (χ1n) is 6.86. The van der Waals surface area contributed by atoms with Gasteiger partial charge in [0.2, 0.25) is 6.79 Å². The molecule has 4 nitrogen and oxygen atoms in total. The third-order valence-electron chi connectivity index (χ3n) is 3.54. The quantitative estimate of drug-likeness (QED) is 0.795. The van der Waals surface area contributed by atoms with E-state index < -0.39 is 0 Å². The standard InChI is InChI=1S/C17H14N2O2/c1-2-13-9-14(4-5-15(13)18-7-1)19-10-12-3-6-16-17(8-12)21-11-20-16/h1-9,19H,10-11H2. The number of hydrogen-bond acceptors (Lipinski definition) is 4. The number of fused-ring (bicyclic) bond motifs is 2. The average Bonchev–Trinajstić information content (AvgIpc) is 3.00. The summed E-state index contributed by atoms with van der Waals surface area (Å²) in [5, 5.41) is 4.55. The van der Waals surface area contributed by atoms with Crippen molar-refractivity contribution in [2.75, 3.05) is 12.1 Å². The van der Waals surface area contributed by atoms with Crippen LogP contribution in [0.1, 0.15) is 5.56 Å². The van der Waals surface area contributed by atoms with Crippen LogP contribution in [0.3, 0.4) is 0 Å². The molecule has 0 atom stereocenters. The number of benzene rings is 2. The van der Waals surface area contributed by atoms with Gasteiger partial charge in [-0.05, 0) is 42.0 Å². The first-order valence-corrected chi connectivity index (χ1v) is 6.86. The summed E-state index contributed by atoms with van der Waals surface area (Å²) in [6.07, 6.45) is 1.81. The molecule has 104 valence electrons. The number of rotatable bonds is 3. The number of nitrogens with one attached hydrogen (secondary N) is 1. The van der Waals surface area contributed by atoms with Crippen molar-refractivity contribution in [2.45, 2.75) is 6.54 Å². The second kappa shape index (κ2) is 4.98. The zero-order valence-corrected chi connectivity index (χ0v) is 11.4. The maximum Gasteiger partial charge on any atom is 0.231 e. The second-order valence-corrected chi connectivity index (χ2v) is 4.95. The van der Waals surface area contributed by atoms with Gasteiger partial charge in [0, 0.05) is 23.8 Å². The minimum Gasteiger partial charge on any atom is -0.454 e. The average molecular weight is 278 g/mol. The van der Waals surface area contributed by atoms with Gasteiger partial charge in [0.25, 0.3) is 0 Å². The monoisotopic (exact) mass is 278 g/mol. The highest BCUT2D eigenvalue weighted by molar-refractivity contribution is 5.82. The zero-order chi connectivity index (χ0) is 14.1. The molecule has 21 heavy (non-hydrogen) atoms. The van der Waals surface area contributed by atoms with E-state index in [1.807, 2.05) is 42.6 Å². The van der Waals surface area contributed by atoms with E-state index in [-0.39, 0.29) is 0 Å². The summed E-state index contributed by atoms with van der Waals surface area (Å²) in [6.45, 7) is 1.05. The molecule has 1 aromatic heterocycles. The minimum atomic E-state index is 0.309. The van der Waals surface area contributed by atoms with Crippen molar-refractivity contribution in [3.63, 3.8) is 0 Å². The third kappa shape index (κ3) is 2.36. The van der Waals surface area contributed by atoms with E-state index in [2.05, 4.69) is 22.4 Å². The lowest BCUT2D eigenvalue weighted by Crippen LogP contribution is -1.99. The predicted molar refractivity (Wildman–Crippen MR) is 81.6 cm³/mol. The zero-order valence-electron chi connectivity index (χ0n) is 11.4. The van der Waals surface area contributed by atoms with Gasteiger partial charge in [0.1, 0.15) is 0 Å². The molecule has 0 amide bonds. The minimum absolute atomic E-state index is 0.309. The highest BCUT2D eigenvalue weighted by atomic mass is 16.7. The van der Waals surface area contributed by atoms with Crippen LogP contribution in [0, 0.1) is 0 Å². The molecule has 3 aromatic rings. The lowest BCUT2D eigenvalue weighted by Gasteiger charge is -2.08. The van der Waals surface area contributed by atoms with Gasteiger partial charge in [0.15, 0.2) is 11.5 Å². The van der Waals surface area contributed by atoms with Crippen molar-refractivity contribution in [1.29, 1.82) is 0 Å². The van der Waals surface area contributed by atoms with Crippen LogP contribution in [0.4, 0.5) is 5.69 Å². The summed E-state index contributed by atoms with van der Waals surface area (Å²) >= 11 is 0. The van der Waals surface area contributed by atoms with Crippen molar-refractivity contribution in [3.05, 3.63) is 60.3 Å². The van der Waals surface area contributed by atoms with Crippen LogP contribution >= 0.6 is 0 Å². The Morgan fingerprint density at radius 1 is 1.00 bits per heavy atom. The van der Waals surface area contributed by atoms with Crippen molar-refractivity contribution >= 4 is 16.6 Å². The van der Waals surface area contributed by atoms with Gasteiger partial charge in [-0.1, -0.05) is 12.1 Å². The van der Waals surface area contributed by atoms with Crippen LogP contribution in [-0.2, 0) is 6.54 Å². The summed E-state index contributed by atoms with van der Waals surface area (Å²) < 4.78 is 10.7. The van der Waals surface area contributed by atoms with Crippen molar-refractivity contribution < 1.29 is 9.47 Å². The number of pyridine rings is 1. The molecule has 0 aliphatic carbocycles. The smallest absolute Gasteiger partial charge is 0.231 e. The lowest BCUT2D eigenvalue weighted by molar-refractivity contribution is 0.174. The highest BCUT2D eigenvalue weighted by Crippen LogP contribution is 2.32. The largest absolute Gasteiger partial charge is 0.454 e. The maximum absolute atomic E-state index is 5.39.